The van der Waals surface area contributed by atoms with Crippen LogP contribution in [0.3, 0.4) is 0 Å². The van der Waals surface area contributed by atoms with Crippen LogP contribution in [0.15, 0.2) is 0 Å². The Balaban J connectivity index is 0. The van der Waals surface area contributed by atoms with Crippen LogP contribution in [0.4, 0.5) is 0 Å². The van der Waals surface area contributed by atoms with E-state index in [1.165, 1.54) is 0 Å². The summed E-state index contributed by atoms with van der Waals surface area (Å²) in [5.74, 6) is 0. The minimum Gasteiger partial charge on any atom is -0.197 e. The molecule has 0 N–H and O–H groups in total. The van der Waals surface area contributed by atoms with E-state index in [4.69, 9.17) is 39.0 Å². The fourth-order valence-corrected chi connectivity index (χ4v) is 0. The highest BCUT2D eigenvalue weighted by Gasteiger charge is 1.78. The third-order valence-corrected chi connectivity index (χ3v) is 0. The summed E-state index contributed by atoms with van der Waals surface area (Å²) >= 11 is 17.2. The lowest BCUT2D eigenvalue weighted by atomic mass is 11.9. The zero-order chi connectivity index (χ0) is 5.58. The molecule has 0 aliphatic rings. The average Bonchev–Trinajstić information content (AvgIpc) is 1.41. The van der Waals surface area contributed by atoms with Gasteiger partial charge < -0.3 is 0 Å². The summed E-state index contributed by atoms with van der Waals surface area (Å²) < 4.78 is 7.08. The highest BCUT2D eigenvalue weighted by atomic mass is 35.6. The third kappa shape index (κ3) is 93.4. The van der Waals surface area contributed by atoms with Crippen molar-refractivity contribution in [3.63, 3.8) is 0 Å². The van der Waals surface area contributed by atoms with Crippen molar-refractivity contribution in [3.05, 3.63) is 0 Å². The summed E-state index contributed by atoms with van der Waals surface area (Å²) in [4.78, 5) is 0. The Morgan fingerprint density at radius 2 is 1.17 bits per heavy atom. The van der Waals surface area contributed by atoms with E-state index in [1.807, 2.05) is 0 Å². The van der Waals surface area contributed by atoms with Gasteiger partial charge in [-0.1, -0.05) is 34.8 Å². The lowest BCUT2D eigenvalue weighted by Crippen LogP contribution is -1.55. The first-order valence-electron chi connectivity index (χ1n) is 0.821. The van der Waals surface area contributed by atoms with Crippen LogP contribution in [0.1, 0.15) is 0 Å². The smallest absolute Gasteiger partial charge is 0.197 e. The van der Waals surface area contributed by atoms with Gasteiger partial charge in [0, 0.05) is 0 Å². The second-order valence-electron chi connectivity index (χ2n) is 0.247. The highest BCUT2D eigenvalue weighted by molar-refractivity contribution is 7.44. The van der Waals surface area contributed by atoms with Crippen LogP contribution in [0.25, 0.3) is 0 Å². The van der Waals surface area contributed by atoms with Crippen LogP contribution in [-0.4, -0.2) is 8.50 Å². The standard InChI is InChI=1S/CHCl3.OS/c2-1(3)4;1-2/h1H;. The molecule has 0 atom stereocenters. The van der Waals surface area contributed by atoms with E-state index in [-0.39, 0.29) is 0 Å². The van der Waals surface area contributed by atoms with Crippen molar-refractivity contribution in [1.82, 2.24) is 0 Å². The number of rotatable bonds is 0. The first-order chi connectivity index (χ1) is 2.73. The molecule has 0 fully saturated rings. The first-order valence-corrected chi connectivity index (χ1v) is 2.46. The Bertz CT molecular complexity index is 22.0. The van der Waals surface area contributed by atoms with Crippen LogP contribution < -0.4 is 0 Å². The summed E-state index contributed by atoms with van der Waals surface area (Å²) in [6.07, 6.45) is 0. The molecular weight excluding hydrogens is 166 g/mol. The van der Waals surface area contributed by atoms with Crippen LogP contribution in [-0.2, 0) is 12.5 Å². The quantitative estimate of drug-likeness (QED) is 0.510. The monoisotopic (exact) mass is 166 g/mol. The molecule has 0 aromatic carbocycles. The van der Waals surface area contributed by atoms with Gasteiger partial charge in [0.25, 0.3) is 0 Å². The molecule has 0 rings (SSSR count). The molecule has 0 aliphatic heterocycles. The summed E-state index contributed by atoms with van der Waals surface area (Å²) in [6.45, 7) is 0. The molecule has 1 nitrogen and oxygen atoms in total. The van der Waals surface area contributed by atoms with Gasteiger partial charge in [0.2, 0.25) is 0 Å². The number of hydrogen-bond donors (Lipinski definition) is 0. The maximum atomic E-state index is 7.83. The zero-order valence-electron chi connectivity index (χ0n) is 2.53. The van der Waals surface area contributed by atoms with Gasteiger partial charge >= 0.3 is 0 Å². The van der Waals surface area contributed by atoms with Gasteiger partial charge in [-0.2, -0.15) is 4.21 Å². The average molecular weight is 167 g/mol. The predicted molar refractivity (Wildman–Crippen MR) is 29.5 cm³/mol. The molecule has 5 heteroatoms. The van der Waals surface area contributed by atoms with Crippen molar-refractivity contribution < 1.29 is 4.21 Å². The molecule has 0 radical (unpaired) electrons. The summed E-state index contributed by atoms with van der Waals surface area (Å²) in [5.41, 5.74) is 0. The summed E-state index contributed by atoms with van der Waals surface area (Å²) in [6, 6.07) is 0. The van der Waals surface area contributed by atoms with Crippen molar-refractivity contribution >= 4 is 47.3 Å². The van der Waals surface area contributed by atoms with Crippen molar-refractivity contribution in [3.8, 4) is 0 Å². The molecule has 0 heterocycles. The van der Waals surface area contributed by atoms with Gasteiger partial charge in [0.05, 0.1) is 0 Å². The minimum atomic E-state index is -0.750. The summed E-state index contributed by atoms with van der Waals surface area (Å²) in [5, 5.41) is 0. The third-order valence-electron chi connectivity index (χ3n) is 0. The van der Waals surface area contributed by atoms with E-state index in [9.17, 15) is 0 Å². The second-order valence-corrected chi connectivity index (χ2v) is 2.23. The van der Waals surface area contributed by atoms with Gasteiger partial charge in [-0.25, -0.2) is 0 Å². The molecule has 0 unspecified atom stereocenters. The Morgan fingerprint density at radius 1 is 1.17 bits per heavy atom. The molecule has 0 bridgehead atoms. The normalized spacial score (nSPS) is 6.67. The number of hydrogen-bond acceptors (Lipinski definition) is 2. The fraction of sp³-hybridized carbons (Fsp3) is 1.00. The van der Waals surface area contributed by atoms with Gasteiger partial charge in [0.1, 0.15) is 0 Å². The molecule has 0 spiro atoms. The van der Waals surface area contributed by atoms with Crippen molar-refractivity contribution in [2.75, 3.05) is 0 Å². The Hall–Kier alpha value is 0.890. The lowest BCUT2D eigenvalue weighted by Gasteiger charge is -1.69. The fourth-order valence-electron chi connectivity index (χ4n) is 0. The Kier molecular flexibility index (Phi) is 15.5. The maximum absolute atomic E-state index is 7.83. The molecule has 0 saturated carbocycles. The van der Waals surface area contributed by atoms with Crippen LogP contribution >= 0.6 is 34.8 Å². The molecule has 0 aromatic heterocycles. The maximum Gasteiger partial charge on any atom is 0.197 e. The number of halogens is 3. The Labute approximate surface area is 56.1 Å². The van der Waals surface area contributed by atoms with E-state index in [2.05, 4.69) is 12.5 Å². The van der Waals surface area contributed by atoms with Gasteiger partial charge in [-0.05, 0) is 0 Å². The highest BCUT2D eigenvalue weighted by Crippen LogP contribution is 2.03. The van der Waals surface area contributed by atoms with E-state index in [0.717, 1.165) is 0 Å². The van der Waals surface area contributed by atoms with Crippen molar-refractivity contribution in [1.29, 1.82) is 0 Å². The largest absolute Gasteiger partial charge is 0.197 e. The SMILES string of the molecule is ClC(Cl)Cl.O=S. The second kappa shape index (κ2) is 9.31. The number of alkyl halides is 3. The van der Waals surface area contributed by atoms with Gasteiger partial charge in [-0.15, -0.1) is 0 Å². The lowest BCUT2D eigenvalue weighted by molar-refractivity contribution is 0.702. The van der Waals surface area contributed by atoms with Crippen LogP contribution in [0.5, 0.6) is 0 Å². The molecule has 38 valence electrons. The van der Waals surface area contributed by atoms with Crippen LogP contribution in [0, 0.1) is 0 Å². The first kappa shape index (κ1) is 10.00. The molecule has 0 amide bonds. The topological polar surface area (TPSA) is 17.1 Å². The van der Waals surface area contributed by atoms with E-state index in [1.54, 1.807) is 0 Å². The van der Waals surface area contributed by atoms with Gasteiger partial charge in [-0.3, -0.25) is 0 Å². The van der Waals surface area contributed by atoms with E-state index < -0.39 is 4.30 Å². The van der Waals surface area contributed by atoms with Crippen molar-refractivity contribution in [2.24, 2.45) is 0 Å². The Morgan fingerprint density at radius 3 is 1.17 bits per heavy atom. The van der Waals surface area contributed by atoms with Crippen molar-refractivity contribution in [2.45, 2.75) is 4.30 Å². The van der Waals surface area contributed by atoms with E-state index >= 15 is 0 Å². The molecule has 0 aliphatic carbocycles. The van der Waals surface area contributed by atoms with Gasteiger partial charge in [0.15, 0.2) is 16.8 Å². The minimum absolute atomic E-state index is 0.750. The molecule has 0 saturated heterocycles. The molecular formula is CHCl3OS. The van der Waals surface area contributed by atoms with E-state index in [0.29, 0.717) is 0 Å². The van der Waals surface area contributed by atoms with Crippen LogP contribution in [0.2, 0.25) is 0 Å². The molecule has 0 aromatic rings. The predicted octanol–water partition coefficient (Wildman–Crippen LogP) is 1.65. The summed E-state index contributed by atoms with van der Waals surface area (Å²) in [7, 11) is 0. The zero-order valence-corrected chi connectivity index (χ0v) is 5.61. The molecule has 6 heavy (non-hydrogen) atoms.